The maximum absolute atomic E-state index is 9.25. The van der Waals surface area contributed by atoms with Crippen molar-refractivity contribution in [3.63, 3.8) is 0 Å². The molecule has 0 atom stereocenters. The Morgan fingerprint density at radius 1 is 1.12 bits per heavy atom. The third-order valence-corrected chi connectivity index (χ3v) is 4.93. The van der Waals surface area contributed by atoms with Crippen LogP contribution < -0.4 is 16.0 Å². The van der Waals surface area contributed by atoms with Gasteiger partial charge < -0.3 is 21.1 Å². The van der Waals surface area contributed by atoms with E-state index in [1.54, 1.807) is 0 Å². The summed E-state index contributed by atoms with van der Waals surface area (Å²) in [5.41, 5.74) is 10.5. The summed E-state index contributed by atoms with van der Waals surface area (Å²) in [4.78, 5) is 6.80. The fourth-order valence-electron chi connectivity index (χ4n) is 3.19. The first-order valence-corrected chi connectivity index (χ1v) is 9.22. The minimum absolute atomic E-state index is 0.308. The van der Waals surface area contributed by atoms with E-state index in [0.717, 1.165) is 37.2 Å². The van der Waals surface area contributed by atoms with Gasteiger partial charge in [-0.2, -0.15) is 0 Å². The van der Waals surface area contributed by atoms with E-state index in [0.29, 0.717) is 25.0 Å². The van der Waals surface area contributed by atoms with Gasteiger partial charge in [-0.3, -0.25) is 0 Å². The Morgan fingerprint density at radius 2 is 1.77 bits per heavy atom. The van der Waals surface area contributed by atoms with Gasteiger partial charge in [0, 0.05) is 31.1 Å². The zero-order chi connectivity index (χ0) is 18.4. The van der Waals surface area contributed by atoms with E-state index in [4.69, 9.17) is 5.73 Å². The highest BCUT2D eigenvalue weighted by atomic mass is 16.3. The van der Waals surface area contributed by atoms with E-state index >= 15 is 0 Å². The summed E-state index contributed by atoms with van der Waals surface area (Å²) in [5.74, 6) is 0.882. The smallest absolute Gasteiger partial charge is 0.193 e. The van der Waals surface area contributed by atoms with Crippen LogP contribution in [-0.2, 0) is 6.54 Å². The lowest BCUT2D eigenvalue weighted by molar-refractivity contribution is 0.203. The highest BCUT2D eigenvalue weighted by Crippen LogP contribution is 2.23. The van der Waals surface area contributed by atoms with Gasteiger partial charge in [-0.25, -0.2) is 4.99 Å². The van der Waals surface area contributed by atoms with E-state index in [2.05, 4.69) is 46.4 Å². The minimum Gasteiger partial charge on any atom is -0.396 e. The number of nitrogens with two attached hydrogens (primary N) is 1. The molecule has 0 unspecified atom stereocenters. The molecule has 0 spiro atoms. The van der Waals surface area contributed by atoms with Crippen molar-refractivity contribution in [3.05, 3.63) is 59.7 Å². The number of piperidine rings is 1. The van der Waals surface area contributed by atoms with Crippen LogP contribution in [-0.4, -0.2) is 30.8 Å². The normalized spacial score (nSPS) is 15.9. The Kier molecular flexibility index (Phi) is 6.12. The summed E-state index contributed by atoms with van der Waals surface area (Å²) in [6, 6.07) is 16.6. The molecule has 1 aliphatic rings. The quantitative estimate of drug-likeness (QED) is 0.571. The van der Waals surface area contributed by atoms with Gasteiger partial charge >= 0.3 is 0 Å². The van der Waals surface area contributed by atoms with Crippen molar-refractivity contribution < 1.29 is 5.11 Å². The van der Waals surface area contributed by atoms with Crippen molar-refractivity contribution >= 4 is 17.3 Å². The molecule has 5 heteroatoms. The molecule has 0 amide bonds. The number of anilines is 2. The number of aliphatic imine (C=N–C) groups is 1. The minimum atomic E-state index is 0.308. The van der Waals surface area contributed by atoms with Gasteiger partial charge in [-0.1, -0.05) is 29.8 Å². The van der Waals surface area contributed by atoms with Gasteiger partial charge in [-0.05, 0) is 55.5 Å². The van der Waals surface area contributed by atoms with E-state index < -0.39 is 0 Å². The molecule has 1 heterocycles. The van der Waals surface area contributed by atoms with Crippen LogP contribution in [0.3, 0.4) is 0 Å². The summed E-state index contributed by atoms with van der Waals surface area (Å²) >= 11 is 0. The largest absolute Gasteiger partial charge is 0.396 e. The number of nitrogens with zero attached hydrogens (tertiary/aromatic N) is 2. The maximum atomic E-state index is 9.25. The van der Waals surface area contributed by atoms with E-state index in [9.17, 15) is 5.11 Å². The lowest BCUT2D eigenvalue weighted by atomic mass is 9.97. The number of aryl methyl sites for hydroxylation is 1. The number of hydrogen-bond acceptors (Lipinski definition) is 3. The molecule has 2 aromatic carbocycles. The van der Waals surface area contributed by atoms with Crippen molar-refractivity contribution in [1.29, 1.82) is 0 Å². The maximum Gasteiger partial charge on any atom is 0.193 e. The second-order valence-electron chi connectivity index (χ2n) is 6.97. The van der Waals surface area contributed by atoms with Crippen LogP contribution in [0.5, 0.6) is 0 Å². The summed E-state index contributed by atoms with van der Waals surface area (Å²) in [6.07, 6.45) is 2.12. The third-order valence-electron chi connectivity index (χ3n) is 4.93. The van der Waals surface area contributed by atoms with Gasteiger partial charge in [0.15, 0.2) is 5.96 Å². The first kappa shape index (κ1) is 18.3. The Bertz CT molecular complexity index is 717. The molecule has 1 aliphatic heterocycles. The predicted octanol–water partition coefficient (Wildman–Crippen LogP) is 3.13. The Hall–Kier alpha value is -2.53. The molecule has 4 N–H and O–H groups in total. The SMILES string of the molecule is Cc1ccc(NC(N)=NCc2ccc(N3CCC(CO)CC3)cc2)cc1. The monoisotopic (exact) mass is 352 g/mol. The molecule has 3 rings (SSSR count). The molecule has 0 saturated carbocycles. The zero-order valence-corrected chi connectivity index (χ0v) is 15.4. The van der Waals surface area contributed by atoms with Gasteiger partial charge in [0.2, 0.25) is 0 Å². The fraction of sp³-hybridized carbons (Fsp3) is 0.381. The van der Waals surface area contributed by atoms with Crippen LogP contribution in [0.25, 0.3) is 0 Å². The summed E-state index contributed by atoms with van der Waals surface area (Å²) in [6.45, 7) is 4.94. The molecule has 0 aromatic heterocycles. The first-order chi connectivity index (χ1) is 12.6. The Labute approximate surface area is 155 Å². The number of benzene rings is 2. The molecule has 0 bridgehead atoms. The van der Waals surface area contributed by atoms with Crippen LogP contribution in [0.2, 0.25) is 0 Å². The van der Waals surface area contributed by atoms with E-state index in [1.807, 2.05) is 24.3 Å². The average molecular weight is 352 g/mol. The highest BCUT2D eigenvalue weighted by Gasteiger charge is 2.18. The van der Waals surface area contributed by atoms with Gasteiger partial charge in [-0.15, -0.1) is 0 Å². The number of hydrogen-bond donors (Lipinski definition) is 3. The van der Waals surface area contributed by atoms with Crippen molar-refractivity contribution in [2.24, 2.45) is 16.6 Å². The van der Waals surface area contributed by atoms with Crippen molar-refractivity contribution in [2.75, 3.05) is 29.9 Å². The molecular weight excluding hydrogens is 324 g/mol. The van der Waals surface area contributed by atoms with Crippen LogP contribution >= 0.6 is 0 Å². The first-order valence-electron chi connectivity index (χ1n) is 9.22. The topological polar surface area (TPSA) is 73.9 Å². The molecule has 1 saturated heterocycles. The van der Waals surface area contributed by atoms with Crippen LogP contribution in [0.1, 0.15) is 24.0 Å². The van der Waals surface area contributed by atoms with Crippen molar-refractivity contribution in [1.82, 2.24) is 0 Å². The highest BCUT2D eigenvalue weighted by molar-refractivity contribution is 5.92. The summed E-state index contributed by atoms with van der Waals surface area (Å²) in [7, 11) is 0. The zero-order valence-electron chi connectivity index (χ0n) is 15.4. The molecule has 1 fully saturated rings. The Balaban J connectivity index is 1.53. The number of guanidine groups is 1. The molecule has 138 valence electrons. The molecule has 26 heavy (non-hydrogen) atoms. The van der Waals surface area contributed by atoms with Crippen LogP contribution in [0.4, 0.5) is 11.4 Å². The van der Waals surface area contributed by atoms with Crippen LogP contribution in [0, 0.1) is 12.8 Å². The van der Waals surface area contributed by atoms with Crippen molar-refractivity contribution in [2.45, 2.75) is 26.3 Å². The Morgan fingerprint density at radius 3 is 2.38 bits per heavy atom. The van der Waals surface area contributed by atoms with Gasteiger partial charge in [0.05, 0.1) is 6.54 Å². The summed E-state index contributed by atoms with van der Waals surface area (Å²) in [5, 5.41) is 12.4. The molecule has 0 radical (unpaired) electrons. The lowest BCUT2D eigenvalue weighted by Crippen LogP contribution is -2.34. The van der Waals surface area contributed by atoms with Crippen LogP contribution in [0.15, 0.2) is 53.5 Å². The average Bonchev–Trinajstić information content (AvgIpc) is 2.69. The van der Waals surface area contributed by atoms with Gasteiger partial charge in [0.25, 0.3) is 0 Å². The number of aliphatic hydroxyl groups is 1. The fourth-order valence-corrected chi connectivity index (χ4v) is 3.19. The number of nitrogens with one attached hydrogen (secondary N) is 1. The second-order valence-corrected chi connectivity index (χ2v) is 6.97. The summed E-state index contributed by atoms with van der Waals surface area (Å²) < 4.78 is 0. The van der Waals surface area contributed by atoms with E-state index in [1.165, 1.54) is 11.3 Å². The molecule has 0 aliphatic carbocycles. The van der Waals surface area contributed by atoms with Gasteiger partial charge in [0.1, 0.15) is 0 Å². The lowest BCUT2D eigenvalue weighted by Gasteiger charge is -2.32. The molecule has 2 aromatic rings. The third kappa shape index (κ3) is 4.99. The molecular formula is C21H28N4O. The standard InChI is InChI=1S/C21H28N4O/c1-16-2-6-19(7-3-16)24-21(22)23-14-17-4-8-20(9-5-17)25-12-10-18(15-26)11-13-25/h2-9,18,26H,10-15H2,1H3,(H3,22,23,24). The number of aliphatic hydroxyl groups excluding tert-OH is 1. The second kappa shape index (κ2) is 8.72. The molecule has 5 nitrogen and oxygen atoms in total. The number of rotatable bonds is 5. The van der Waals surface area contributed by atoms with E-state index in [-0.39, 0.29) is 0 Å². The predicted molar refractivity (Wildman–Crippen MR) is 109 cm³/mol. The van der Waals surface area contributed by atoms with Crippen molar-refractivity contribution in [3.8, 4) is 0 Å².